The van der Waals surface area contributed by atoms with Crippen LogP contribution in [-0.2, 0) is 6.42 Å². The zero-order chi connectivity index (χ0) is 14.5. The van der Waals surface area contributed by atoms with Crippen molar-refractivity contribution >= 4 is 22.9 Å². The second-order valence-electron chi connectivity index (χ2n) is 5.46. The molecule has 3 heteroatoms. The maximum absolute atomic E-state index is 5.99. The Morgan fingerprint density at radius 1 is 1.20 bits per heavy atom. The molecule has 1 aromatic heterocycles. The van der Waals surface area contributed by atoms with Crippen molar-refractivity contribution in [3.8, 4) is 0 Å². The van der Waals surface area contributed by atoms with E-state index in [2.05, 4.69) is 56.4 Å². The highest BCUT2D eigenvalue weighted by molar-refractivity contribution is 7.16. The van der Waals surface area contributed by atoms with Crippen molar-refractivity contribution in [1.29, 1.82) is 0 Å². The highest BCUT2D eigenvalue weighted by atomic mass is 35.5. The molecule has 1 N–H and O–H groups in total. The molecule has 0 fully saturated rings. The minimum Gasteiger partial charge on any atom is -0.307 e. The summed E-state index contributed by atoms with van der Waals surface area (Å²) >= 11 is 7.64. The van der Waals surface area contributed by atoms with Crippen molar-refractivity contribution in [2.75, 3.05) is 0 Å². The number of hydrogen-bond donors (Lipinski definition) is 1. The lowest BCUT2D eigenvalue weighted by Gasteiger charge is -2.19. The average molecular weight is 308 g/mol. The van der Waals surface area contributed by atoms with Crippen molar-refractivity contribution in [2.24, 2.45) is 0 Å². The van der Waals surface area contributed by atoms with Crippen molar-refractivity contribution in [3.63, 3.8) is 0 Å². The summed E-state index contributed by atoms with van der Waals surface area (Å²) in [7, 11) is 0. The zero-order valence-corrected chi connectivity index (χ0v) is 13.9. The molecule has 0 amide bonds. The Bertz CT molecular complexity index is 549. The third-order valence-electron chi connectivity index (χ3n) is 3.50. The molecule has 1 heterocycles. The van der Waals surface area contributed by atoms with Crippen LogP contribution in [0.25, 0.3) is 0 Å². The molecule has 0 aliphatic rings. The summed E-state index contributed by atoms with van der Waals surface area (Å²) in [6.07, 6.45) is 2.26. The van der Waals surface area contributed by atoms with Gasteiger partial charge in [-0.25, -0.2) is 0 Å². The van der Waals surface area contributed by atoms with Gasteiger partial charge in [0.15, 0.2) is 0 Å². The Morgan fingerprint density at radius 3 is 2.65 bits per heavy atom. The van der Waals surface area contributed by atoms with Crippen LogP contribution < -0.4 is 5.32 Å². The van der Waals surface area contributed by atoms with Crippen LogP contribution in [0.5, 0.6) is 0 Å². The molecular formula is C17H22ClNS. The fourth-order valence-electron chi connectivity index (χ4n) is 2.40. The van der Waals surface area contributed by atoms with Crippen molar-refractivity contribution in [3.05, 3.63) is 56.7 Å². The van der Waals surface area contributed by atoms with Crippen LogP contribution in [0.3, 0.4) is 0 Å². The molecule has 1 aromatic carbocycles. The Balaban J connectivity index is 1.82. The first kappa shape index (κ1) is 15.6. The predicted octanol–water partition coefficient (Wildman–Crippen LogP) is 5.38. The van der Waals surface area contributed by atoms with E-state index in [0.717, 1.165) is 17.2 Å². The van der Waals surface area contributed by atoms with Crippen LogP contribution in [0.4, 0.5) is 0 Å². The number of benzene rings is 1. The number of hydrogen-bond acceptors (Lipinski definition) is 2. The van der Waals surface area contributed by atoms with E-state index in [4.69, 9.17) is 11.6 Å². The lowest BCUT2D eigenvalue weighted by atomic mass is 10.0. The number of rotatable bonds is 6. The topological polar surface area (TPSA) is 12.0 Å². The second kappa shape index (κ2) is 7.26. The number of thiophene rings is 1. The summed E-state index contributed by atoms with van der Waals surface area (Å²) in [4.78, 5) is 1.30. The van der Waals surface area contributed by atoms with Crippen molar-refractivity contribution < 1.29 is 0 Å². The maximum atomic E-state index is 5.99. The molecule has 108 valence electrons. The molecule has 0 saturated carbocycles. The van der Waals surface area contributed by atoms with Gasteiger partial charge in [-0.1, -0.05) is 41.4 Å². The molecule has 1 nitrogen and oxygen atoms in total. The van der Waals surface area contributed by atoms with E-state index in [9.17, 15) is 0 Å². The van der Waals surface area contributed by atoms with E-state index in [1.807, 2.05) is 6.07 Å². The molecule has 2 unspecified atom stereocenters. The van der Waals surface area contributed by atoms with Crippen molar-refractivity contribution in [1.82, 2.24) is 5.32 Å². The van der Waals surface area contributed by atoms with Gasteiger partial charge in [-0.2, -0.15) is 0 Å². The molecule has 0 saturated heterocycles. The first-order chi connectivity index (χ1) is 9.54. The summed E-state index contributed by atoms with van der Waals surface area (Å²) in [6, 6.07) is 13.7. The lowest BCUT2D eigenvalue weighted by molar-refractivity contribution is 0.460. The van der Waals surface area contributed by atoms with E-state index < -0.39 is 0 Å². The summed E-state index contributed by atoms with van der Waals surface area (Å²) in [5.74, 6) is 0. The number of halogens is 1. The first-order valence-corrected chi connectivity index (χ1v) is 8.31. The summed E-state index contributed by atoms with van der Waals surface area (Å²) in [6.45, 7) is 6.60. The van der Waals surface area contributed by atoms with Crippen LogP contribution in [0.2, 0.25) is 4.34 Å². The molecule has 0 spiro atoms. The minimum absolute atomic E-state index is 0.361. The van der Waals surface area contributed by atoms with E-state index in [1.54, 1.807) is 11.3 Å². The Kier molecular flexibility index (Phi) is 5.64. The Hall–Kier alpha value is -0.830. The van der Waals surface area contributed by atoms with E-state index in [-0.39, 0.29) is 0 Å². The van der Waals surface area contributed by atoms with Crippen molar-refractivity contribution in [2.45, 2.75) is 45.7 Å². The molecule has 0 aliphatic heterocycles. The van der Waals surface area contributed by atoms with Gasteiger partial charge in [0.2, 0.25) is 0 Å². The highest BCUT2D eigenvalue weighted by Crippen LogP contribution is 2.27. The quantitative estimate of drug-likeness (QED) is 0.755. The van der Waals surface area contributed by atoms with Gasteiger partial charge < -0.3 is 5.32 Å². The molecule has 20 heavy (non-hydrogen) atoms. The van der Waals surface area contributed by atoms with Gasteiger partial charge in [0.05, 0.1) is 4.34 Å². The lowest BCUT2D eigenvalue weighted by Crippen LogP contribution is -2.28. The number of nitrogens with one attached hydrogen (secondary N) is 1. The van der Waals surface area contributed by atoms with Crippen LogP contribution in [-0.4, -0.2) is 6.04 Å². The van der Waals surface area contributed by atoms with Gasteiger partial charge in [0.25, 0.3) is 0 Å². The molecular weight excluding hydrogens is 286 g/mol. The minimum atomic E-state index is 0.361. The SMILES string of the molecule is Cc1cccc(CCC(C)NC(C)c2ccc(Cl)s2)c1. The smallest absolute Gasteiger partial charge is 0.0931 e. The van der Waals surface area contributed by atoms with Crippen LogP contribution in [0.1, 0.15) is 42.3 Å². The van der Waals surface area contributed by atoms with Crippen LogP contribution in [0.15, 0.2) is 36.4 Å². The Morgan fingerprint density at radius 2 is 2.00 bits per heavy atom. The highest BCUT2D eigenvalue weighted by Gasteiger charge is 2.11. The van der Waals surface area contributed by atoms with Gasteiger partial charge in [-0.3, -0.25) is 0 Å². The van der Waals surface area contributed by atoms with Gasteiger partial charge >= 0.3 is 0 Å². The molecule has 2 rings (SSSR count). The van der Waals surface area contributed by atoms with Gasteiger partial charge in [0.1, 0.15) is 0 Å². The zero-order valence-electron chi connectivity index (χ0n) is 12.3. The summed E-state index contributed by atoms with van der Waals surface area (Å²) < 4.78 is 0.862. The first-order valence-electron chi connectivity index (χ1n) is 7.11. The molecule has 0 radical (unpaired) electrons. The fourth-order valence-corrected chi connectivity index (χ4v) is 3.48. The summed E-state index contributed by atoms with van der Waals surface area (Å²) in [5.41, 5.74) is 2.76. The molecule has 0 bridgehead atoms. The third-order valence-corrected chi connectivity index (χ3v) is 4.92. The van der Waals surface area contributed by atoms with Gasteiger partial charge in [-0.15, -0.1) is 11.3 Å². The van der Waals surface area contributed by atoms with E-state index >= 15 is 0 Å². The van der Waals surface area contributed by atoms with E-state index in [0.29, 0.717) is 12.1 Å². The van der Waals surface area contributed by atoms with Crippen LogP contribution >= 0.6 is 22.9 Å². The monoisotopic (exact) mass is 307 g/mol. The van der Waals surface area contributed by atoms with Gasteiger partial charge in [-0.05, 0) is 51.3 Å². The summed E-state index contributed by atoms with van der Waals surface area (Å²) in [5, 5.41) is 3.65. The average Bonchev–Trinajstić information content (AvgIpc) is 2.83. The third kappa shape index (κ3) is 4.62. The molecule has 0 aliphatic carbocycles. The fraction of sp³-hybridized carbons (Fsp3) is 0.412. The van der Waals surface area contributed by atoms with E-state index in [1.165, 1.54) is 16.0 Å². The number of aryl methyl sites for hydroxylation is 2. The maximum Gasteiger partial charge on any atom is 0.0931 e. The second-order valence-corrected chi connectivity index (χ2v) is 7.21. The standard InChI is InChI=1S/C17H22ClNS/c1-12-5-4-6-15(11-12)8-7-13(2)19-14(3)16-9-10-17(18)20-16/h4-6,9-11,13-14,19H,7-8H2,1-3H3. The Labute approximate surface area is 131 Å². The van der Waals surface area contributed by atoms with Crippen LogP contribution in [0, 0.1) is 6.92 Å². The van der Waals surface area contributed by atoms with Gasteiger partial charge in [0, 0.05) is 17.0 Å². The molecule has 2 aromatic rings. The largest absolute Gasteiger partial charge is 0.307 e. The predicted molar refractivity (Wildman–Crippen MR) is 89.8 cm³/mol. The molecule has 2 atom stereocenters. The normalized spacial score (nSPS) is 14.2.